The number of hydrogen-bond acceptors (Lipinski definition) is 5. The fourth-order valence-corrected chi connectivity index (χ4v) is 5.69. The molecule has 9 heteroatoms. The Morgan fingerprint density at radius 3 is 2.60 bits per heavy atom. The van der Waals surface area contributed by atoms with Crippen molar-refractivity contribution in [3.63, 3.8) is 0 Å². The summed E-state index contributed by atoms with van der Waals surface area (Å²) in [6, 6.07) is 9.64. The monoisotopic (exact) mass is 451 g/mol. The largest absolute Gasteiger partial charge is 0.338 e. The second-order valence-corrected chi connectivity index (χ2v) is 10.1. The van der Waals surface area contributed by atoms with Crippen LogP contribution in [0.1, 0.15) is 42.1 Å². The summed E-state index contributed by atoms with van der Waals surface area (Å²) in [6.07, 6.45) is 3.41. The number of sulfonamides is 1. The molecule has 6 nitrogen and oxygen atoms in total. The zero-order chi connectivity index (χ0) is 21.6. The molecule has 1 aliphatic heterocycles. The molecule has 162 valence electrons. The number of carbonyl (C=O) groups excluding carboxylic acids is 1. The first-order valence-electron chi connectivity index (χ1n) is 9.99. The fraction of sp³-hybridized carbons (Fsp3) is 0.429. The number of hydrogen-bond donors (Lipinski definition) is 1. The number of nitrogens with zero attached hydrogens (tertiary/aromatic N) is 2. The SMILES string of the molecule is CCCS(=O)(=O)NC1CCN(C(=O)c2cccnc2SCc2ccc(F)cc2)CC1. The van der Waals surface area contributed by atoms with Gasteiger partial charge in [0.25, 0.3) is 5.91 Å². The highest BCUT2D eigenvalue weighted by atomic mass is 32.2. The van der Waals surface area contributed by atoms with E-state index in [4.69, 9.17) is 0 Å². The van der Waals surface area contributed by atoms with Crippen molar-refractivity contribution >= 4 is 27.7 Å². The molecule has 0 radical (unpaired) electrons. The topological polar surface area (TPSA) is 79.4 Å². The first-order chi connectivity index (χ1) is 14.4. The summed E-state index contributed by atoms with van der Waals surface area (Å²) in [6.45, 7) is 2.82. The molecule has 1 amide bonds. The van der Waals surface area contributed by atoms with Gasteiger partial charge in [-0.05, 0) is 49.1 Å². The molecule has 1 N–H and O–H groups in total. The van der Waals surface area contributed by atoms with E-state index in [9.17, 15) is 17.6 Å². The van der Waals surface area contributed by atoms with E-state index in [2.05, 4.69) is 9.71 Å². The van der Waals surface area contributed by atoms with Gasteiger partial charge in [-0.2, -0.15) is 0 Å². The summed E-state index contributed by atoms with van der Waals surface area (Å²) in [5.74, 6) is 0.326. The number of pyridine rings is 1. The Hall–Kier alpha value is -1.97. The van der Waals surface area contributed by atoms with Crippen LogP contribution >= 0.6 is 11.8 Å². The maximum Gasteiger partial charge on any atom is 0.256 e. The van der Waals surface area contributed by atoms with E-state index in [0.29, 0.717) is 48.7 Å². The smallest absolute Gasteiger partial charge is 0.256 e. The Bertz CT molecular complexity index is 960. The standard InChI is InChI=1S/C21H26FN3O3S2/c1-2-14-30(27,28)24-18-9-12-25(13-10-18)21(26)19-4-3-11-23-20(19)29-15-16-5-7-17(22)8-6-16/h3-8,11,18,24H,2,9-10,12-15H2,1H3. The Balaban J connectivity index is 1.60. The minimum atomic E-state index is -3.25. The van der Waals surface area contributed by atoms with Crippen LogP contribution < -0.4 is 4.72 Å². The number of likely N-dealkylation sites (tertiary alicyclic amines) is 1. The van der Waals surface area contributed by atoms with Gasteiger partial charge in [0.15, 0.2) is 0 Å². The van der Waals surface area contributed by atoms with Crippen LogP contribution in [0.5, 0.6) is 0 Å². The predicted octanol–water partition coefficient (Wildman–Crippen LogP) is 3.45. The first-order valence-corrected chi connectivity index (χ1v) is 12.6. The van der Waals surface area contributed by atoms with Crippen LogP contribution in [-0.4, -0.2) is 49.1 Å². The molecule has 0 saturated carbocycles. The second kappa shape index (κ2) is 10.4. The molecule has 1 aromatic heterocycles. The van der Waals surface area contributed by atoms with Crippen LogP contribution in [0.25, 0.3) is 0 Å². The van der Waals surface area contributed by atoms with Crippen LogP contribution in [0.2, 0.25) is 0 Å². The second-order valence-electron chi connectivity index (χ2n) is 7.27. The van der Waals surface area contributed by atoms with E-state index >= 15 is 0 Å². The van der Waals surface area contributed by atoms with Crippen LogP contribution in [-0.2, 0) is 15.8 Å². The molecule has 0 bridgehead atoms. The lowest BCUT2D eigenvalue weighted by molar-refractivity contribution is 0.0707. The maximum absolute atomic E-state index is 13.1. The fourth-order valence-electron chi connectivity index (χ4n) is 3.35. The Morgan fingerprint density at radius 2 is 1.93 bits per heavy atom. The van der Waals surface area contributed by atoms with Crippen molar-refractivity contribution in [3.8, 4) is 0 Å². The van der Waals surface area contributed by atoms with Crippen molar-refractivity contribution in [1.29, 1.82) is 0 Å². The number of piperidine rings is 1. The number of carbonyl (C=O) groups is 1. The summed E-state index contributed by atoms with van der Waals surface area (Å²) >= 11 is 1.44. The van der Waals surface area contributed by atoms with Crippen molar-refractivity contribution in [2.45, 2.75) is 43.0 Å². The van der Waals surface area contributed by atoms with Crippen molar-refractivity contribution < 1.29 is 17.6 Å². The molecule has 0 unspecified atom stereocenters. The van der Waals surface area contributed by atoms with E-state index in [1.807, 2.05) is 6.92 Å². The highest BCUT2D eigenvalue weighted by molar-refractivity contribution is 7.98. The van der Waals surface area contributed by atoms with E-state index < -0.39 is 10.0 Å². The van der Waals surface area contributed by atoms with Gasteiger partial charge in [-0.1, -0.05) is 19.1 Å². The van der Waals surface area contributed by atoms with Gasteiger partial charge in [-0.25, -0.2) is 22.5 Å². The molecular weight excluding hydrogens is 425 g/mol. The third-order valence-corrected chi connectivity index (χ3v) is 7.61. The third-order valence-electron chi connectivity index (χ3n) is 4.89. The van der Waals surface area contributed by atoms with Gasteiger partial charge >= 0.3 is 0 Å². The Morgan fingerprint density at radius 1 is 1.23 bits per heavy atom. The zero-order valence-electron chi connectivity index (χ0n) is 16.9. The summed E-state index contributed by atoms with van der Waals surface area (Å²) < 4.78 is 39.7. The molecule has 0 spiro atoms. The predicted molar refractivity (Wildman–Crippen MR) is 116 cm³/mol. The first kappa shape index (κ1) is 22.7. The number of thioether (sulfide) groups is 1. The lowest BCUT2D eigenvalue weighted by Gasteiger charge is -2.32. The third kappa shape index (κ3) is 6.26. The molecule has 30 heavy (non-hydrogen) atoms. The minimum absolute atomic E-state index is 0.0976. The molecule has 2 aromatic rings. The normalized spacial score (nSPS) is 15.3. The van der Waals surface area contributed by atoms with E-state index in [1.165, 1.54) is 23.9 Å². The van der Waals surface area contributed by atoms with Gasteiger partial charge in [0.05, 0.1) is 11.3 Å². The number of amides is 1. The molecular formula is C21H26FN3O3S2. The molecule has 1 fully saturated rings. The average molecular weight is 452 g/mol. The van der Waals surface area contributed by atoms with Crippen LogP contribution in [0.3, 0.4) is 0 Å². The summed E-state index contributed by atoms with van der Waals surface area (Å²) in [5, 5.41) is 0.637. The van der Waals surface area contributed by atoms with Crippen molar-refractivity contribution in [2.24, 2.45) is 0 Å². The van der Waals surface area contributed by atoms with Crippen molar-refractivity contribution in [3.05, 3.63) is 59.5 Å². The summed E-state index contributed by atoms with van der Waals surface area (Å²) in [5.41, 5.74) is 1.49. The highest BCUT2D eigenvalue weighted by Gasteiger charge is 2.27. The molecule has 1 aliphatic rings. The Kier molecular flexibility index (Phi) is 7.85. The lowest BCUT2D eigenvalue weighted by Crippen LogP contribution is -2.47. The van der Waals surface area contributed by atoms with Gasteiger partial charge in [-0.3, -0.25) is 4.79 Å². The van der Waals surface area contributed by atoms with Crippen LogP contribution in [0.15, 0.2) is 47.6 Å². The average Bonchev–Trinajstić information content (AvgIpc) is 2.73. The minimum Gasteiger partial charge on any atom is -0.338 e. The molecule has 2 heterocycles. The van der Waals surface area contributed by atoms with Crippen molar-refractivity contribution in [2.75, 3.05) is 18.8 Å². The highest BCUT2D eigenvalue weighted by Crippen LogP contribution is 2.26. The van der Waals surface area contributed by atoms with Gasteiger partial charge < -0.3 is 4.90 Å². The number of benzene rings is 1. The van der Waals surface area contributed by atoms with Gasteiger partial charge in [0.1, 0.15) is 10.8 Å². The number of nitrogens with one attached hydrogen (secondary N) is 1. The summed E-state index contributed by atoms with van der Waals surface area (Å²) in [7, 11) is -3.25. The van der Waals surface area contributed by atoms with Crippen LogP contribution in [0.4, 0.5) is 4.39 Å². The number of aromatic nitrogens is 1. The lowest BCUT2D eigenvalue weighted by atomic mass is 10.1. The van der Waals surface area contributed by atoms with Gasteiger partial charge in [0, 0.05) is 31.1 Å². The van der Waals surface area contributed by atoms with Gasteiger partial charge in [-0.15, -0.1) is 11.8 Å². The zero-order valence-corrected chi connectivity index (χ0v) is 18.5. The molecule has 0 aliphatic carbocycles. The van der Waals surface area contributed by atoms with E-state index in [1.54, 1.807) is 35.4 Å². The Labute approximate surface area is 181 Å². The molecule has 1 saturated heterocycles. The molecule has 1 aromatic carbocycles. The van der Waals surface area contributed by atoms with Crippen LogP contribution in [0, 0.1) is 5.82 Å². The maximum atomic E-state index is 13.1. The molecule has 3 rings (SSSR count). The van der Waals surface area contributed by atoms with E-state index in [0.717, 1.165) is 5.56 Å². The number of rotatable bonds is 8. The van der Waals surface area contributed by atoms with Gasteiger partial charge in [0.2, 0.25) is 10.0 Å². The summed E-state index contributed by atoms with van der Waals surface area (Å²) in [4.78, 5) is 19.2. The van der Waals surface area contributed by atoms with E-state index in [-0.39, 0.29) is 23.5 Å². The number of halogens is 1. The van der Waals surface area contributed by atoms with Crippen molar-refractivity contribution in [1.82, 2.24) is 14.6 Å². The molecule has 0 atom stereocenters. The quantitative estimate of drug-likeness (QED) is 0.622.